The SMILES string of the molecule is CC(C)[C@@H](N)C(=O)N[C@H](C)c1ccc(Cl)cc1. The van der Waals surface area contributed by atoms with E-state index in [9.17, 15) is 4.79 Å². The van der Waals surface area contributed by atoms with Gasteiger partial charge in [-0.2, -0.15) is 0 Å². The molecule has 0 aliphatic rings. The first-order chi connectivity index (χ1) is 7.91. The molecule has 1 rings (SSSR count). The van der Waals surface area contributed by atoms with Crippen molar-refractivity contribution in [2.75, 3.05) is 0 Å². The third kappa shape index (κ3) is 4.02. The maximum absolute atomic E-state index is 11.8. The molecular weight excluding hydrogens is 236 g/mol. The molecule has 0 heterocycles. The zero-order valence-corrected chi connectivity index (χ0v) is 11.2. The highest BCUT2D eigenvalue weighted by Crippen LogP contribution is 2.16. The quantitative estimate of drug-likeness (QED) is 0.868. The third-order valence-corrected chi connectivity index (χ3v) is 3.00. The first kappa shape index (κ1) is 14.0. The van der Waals surface area contributed by atoms with Crippen LogP contribution in [0.4, 0.5) is 0 Å². The van der Waals surface area contributed by atoms with E-state index in [1.54, 1.807) is 0 Å². The number of amides is 1. The average Bonchev–Trinajstić information content (AvgIpc) is 2.28. The fraction of sp³-hybridized carbons (Fsp3) is 0.462. The van der Waals surface area contributed by atoms with Crippen LogP contribution in [0.15, 0.2) is 24.3 Å². The molecule has 0 bridgehead atoms. The molecular formula is C13H19ClN2O. The Kier molecular flexibility index (Phi) is 4.97. The topological polar surface area (TPSA) is 55.1 Å². The molecule has 1 amide bonds. The number of rotatable bonds is 4. The van der Waals surface area contributed by atoms with Crippen LogP contribution in [-0.4, -0.2) is 11.9 Å². The van der Waals surface area contributed by atoms with Gasteiger partial charge >= 0.3 is 0 Å². The molecule has 0 radical (unpaired) electrons. The summed E-state index contributed by atoms with van der Waals surface area (Å²) in [5.41, 5.74) is 6.79. The second-order valence-corrected chi connectivity index (χ2v) is 4.99. The maximum atomic E-state index is 11.8. The van der Waals surface area contributed by atoms with Gasteiger partial charge in [0.05, 0.1) is 12.1 Å². The van der Waals surface area contributed by atoms with Gasteiger partial charge in [-0.3, -0.25) is 4.79 Å². The fourth-order valence-corrected chi connectivity index (χ4v) is 1.57. The van der Waals surface area contributed by atoms with Crippen LogP contribution < -0.4 is 11.1 Å². The van der Waals surface area contributed by atoms with E-state index in [1.807, 2.05) is 45.0 Å². The second kappa shape index (κ2) is 6.03. The Morgan fingerprint density at radius 1 is 1.24 bits per heavy atom. The van der Waals surface area contributed by atoms with Crippen molar-refractivity contribution in [1.82, 2.24) is 5.32 Å². The molecule has 1 aromatic carbocycles. The zero-order valence-electron chi connectivity index (χ0n) is 10.4. The minimum absolute atomic E-state index is 0.0652. The van der Waals surface area contributed by atoms with Crippen molar-refractivity contribution >= 4 is 17.5 Å². The molecule has 0 fully saturated rings. The number of hydrogen-bond acceptors (Lipinski definition) is 2. The van der Waals surface area contributed by atoms with Crippen molar-refractivity contribution in [3.8, 4) is 0 Å². The van der Waals surface area contributed by atoms with E-state index in [4.69, 9.17) is 17.3 Å². The Morgan fingerprint density at radius 3 is 2.24 bits per heavy atom. The summed E-state index contributed by atoms with van der Waals surface area (Å²) in [4.78, 5) is 11.8. The van der Waals surface area contributed by atoms with Crippen LogP contribution in [0.3, 0.4) is 0 Å². The van der Waals surface area contributed by atoms with Gasteiger partial charge in [-0.25, -0.2) is 0 Å². The Morgan fingerprint density at radius 2 is 1.76 bits per heavy atom. The van der Waals surface area contributed by atoms with Gasteiger partial charge in [-0.05, 0) is 30.5 Å². The van der Waals surface area contributed by atoms with Crippen molar-refractivity contribution in [2.24, 2.45) is 11.7 Å². The predicted octanol–water partition coefficient (Wildman–Crippen LogP) is 2.50. The Balaban J connectivity index is 2.63. The maximum Gasteiger partial charge on any atom is 0.237 e. The molecule has 4 heteroatoms. The van der Waals surface area contributed by atoms with Gasteiger partial charge in [0.15, 0.2) is 0 Å². The highest BCUT2D eigenvalue weighted by Gasteiger charge is 2.19. The lowest BCUT2D eigenvalue weighted by Crippen LogP contribution is -2.44. The van der Waals surface area contributed by atoms with E-state index in [-0.39, 0.29) is 17.9 Å². The zero-order chi connectivity index (χ0) is 13.0. The van der Waals surface area contributed by atoms with Crippen LogP contribution in [0, 0.1) is 5.92 Å². The number of hydrogen-bond donors (Lipinski definition) is 2. The van der Waals surface area contributed by atoms with E-state index in [1.165, 1.54) is 0 Å². The Hall–Kier alpha value is -1.06. The van der Waals surface area contributed by atoms with Crippen molar-refractivity contribution in [3.63, 3.8) is 0 Å². The second-order valence-electron chi connectivity index (χ2n) is 4.55. The molecule has 0 aliphatic heterocycles. The van der Waals surface area contributed by atoms with E-state index < -0.39 is 6.04 Å². The molecule has 3 N–H and O–H groups in total. The van der Waals surface area contributed by atoms with E-state index in [0.717, 1.165) is 5.56 Å². The molecule has 0 saturated heterocycles. The van der Waals surface area contributed by atoms with Crippen molar-refractivity contribution in [3.05, 3.63) is 34.9 Å². The van der Waals surface area contributed by atoms with Gasteiger partial charge in [0.1, 0.15) is 0 Å². The van der Waals surface area contributed by atoms with Gasteiger partial charge < -0.3 is 11.1 Å². The van der Waals surface area contributed by atoms with Crippen LogP contribution in [0.2, 0.25) is 5.02 Å². The number of carbonyl (C=O) groups excluding carboxylic acids is 1. The summed E-state index contributed by atoms with van der Waals surface area (Å²) in [6, 6.07) is 6.88. The molecule has 0 aliphatic carbocycles. The van der Waals surface area contributed by atoms with Crippen LogP contribution in [0.1, 0.15) is 32.4 Å². The molecule has 0 unspecified atom stereocenters. The van der Waals surface area contributed by atoms with Crippen LogP contribution in [0.5, 0.6) is 0 Å². The molecule has 94 valence electrons. The lowest BCUT2D eigenvalue weighted by Gasteiger charge is -2.20. The van der Waals surface area contributed by atoms with Gasteiger partial charge in [0.25, 0.3) is 0 Å². The molecule has 17 heavy (non-hydrogen) atoms. The summed E-state index contributed by atoms with van der Waals surface area (Å²) in [5, 5.41) is 3.58. The monoisotopic (exact) mass is 254 g/mol. The predicted molar refractivity (Wildman–Crippen MR) is 70.8 cm³/mol. The van der Waals surface area contributed by atoms with Gasteiger partial charge in [0, 0.05) is 5.02 Å². The van der Waals surface area contributed by atoms with Crippen molar-refractivity contribution in [2.45, 2.75) is 32.9 Å². The number of nitrogens with one attached hydrogen (secondary N) is 1. The summed E-state index contributed by atoms with van der Waals surface area (Å²) >= 11 is 5.81. The minimum Gasteiger partial charge on any atom is -0.348 e. The number of carbonyl (C=O) groups is 1. The van der Waals surface area contributed by atoms with E-state index in [0.29, 0.717) is 5.02 Å². The van der Waals surface area contributed by atoms with E-state index >= 15 is 0 Å². The lowest BCUT2D eigenvalue weighted by molar-refractivity contribution is -0.123. The number of nitrogens with two attached hydrogens (primary N) is 1. The van der Waals surface area contributed by atoms with Crippen molar-refractivity contribution in [1.29, 1.82) is 0 Å². The minimum atomic E-state index is -0.468. The summed E-state index contributed by atoms with van der Waals surface area (Å²) in [6.45, 7) is 5.78. The average molecular weight is 255 g/mol. The third-order valence-electron chi connectivity index (χ3n) is 2.75. The summed E-state index contributed by atoms with van der Waals surface area (Å²) in [5.74, 6) is 0.00914. The van der Waals surface area contributed by atoms with Crippen molar-refractivity contribution < 1.29 is 4.79 Å². The molecule has 0 spiro atoms. The summed E-state index contributed by atoms with van der Waals surface area (Å²) in [7, 11) is 0. The normalized spacial score (nSPS) is 14.5. The van der Waals surface area contributed by atoms with Crippen LogP contribution >= 0.6 is 11.6 Å². The highest BCUT2D eigenvalue weighted by atomic mass is 35.5. The van der Waals surface area contributed by atoms with E-state index in [2.05, 4.69) is 5.32 Å². The molecule has 3 nitrogen and oxygen atoms in total. The molecule has 0 aromatic heterocycles. The van der Waals surface area contributed by atoms with Gasteiger partial charge in [-0.15, -0.1) is 0 Å². The smallest absolute Gasteiger partial charge is 0.237 e. The Bertz CT molecular complexity index is 376. The molecule has 2 atom stereocenters. The lowest BCUT2D eigenvalue weighted by atomic mass is 10.0. The summed E-state index contributed by atoms with van der Waals surface area (Å²) < 4.78 is 0. The Labute approximate surface area is 107 Å². The fourth-order valence-electron chi connectivity index (χ4n) is 1.45. The van der Waals surface area contributed by atoms with Crippen LogP contribution in [0.25, 0.3) is 0 Å². The highest BCUT2D eigenvalue weighted by molar-refractivity contribution is 6.30. The first-order valence-corrected chi connectivity index (χ1v) is 6.11. The molecule has 0 saturated carbocycles. The largest absolute Gasteiger partial charge is 0.348 e. The molecule has 1 aromatic rings. The summed E-state index contributed by atoms with van der Waals surface area (Å²) in [6.07, 6.45) is 0. The first-order valence-electron chi connectivity index (χ1n) is 5.73. The van der Waals surface area contributed by atoms with Gasteiger partial charge in [0.2, 0.25) is 5.91 Å². The van der Waals surface area contributed by atoms with Gasteiger partial charge in [-0.1, -0.05) is 37.6 Å². The number of benzene rings is 1. The van der Waals surface area contributed by atoms with Crippen LogP contribution in [-0.2, 0) is 4.79 Å². The standard InChI is InChI=1S/C13H19ClN2O/c1-8(2)12(15)13(17)16-9(3)10-4-6-11(14)7-5-10/h4-9,12H,15H2,1-3H3,(H,16,17)/t9-,12-/m1/s1. The number of halogens is 1.